The van der Waals surface area contributed by atoms with Gasteiger partial charge in [-0.25, -0.2) is 0 Å². The van der Waals surface area contributed by atoms with Crippen molar-refractivity contribution in [1.29, 1.82) is 0 Å². The van der Waals surface area contributed by atoms with Gasteiger partial charge in [0.2, 0.25) is 0 Å². The molecule has 1 saturated carbocycles. The van der Waals surface area contributed by atoms with Crippen molar-refractivity contribution in [3.05, 3.63) is 0 Å². The molecule has 2 unspecified atom stereocenters. The molecule has 1 N–H and O–H groups in total. The third-order valence-corrected chi connectivity index (χ3v) is 5.17. The maximum atomic E-state index is 5.64. The van der Waals surface area contributed by atoms with Crippen molar-refractivity contribution in [2.24, 2.45) is 11.3 Å². The van der Waals surface area contributed by atoms with Gasteiger partial charge < -0.3 is 10.1 Å². The van der Waals surface area contributed by atoms with Gasteiger partial charge in [0, 0.05) is 24.7 Å². The van der Waals surface area contributed by atoms with Crippen LogP contribution < -0.4 is 5.32 Å². The lowest BCUT2D eigenvalue weighted by atomic mass is 9.84. The Kier molecular flexibility index (Phi) is 4.59. The first-order valence-corrected chi connectivity index (χ1v) is 7.93. The number of hydrogen-bond acceptors (Lipinski definition) is 3. The highest BCUT2D eigenvalue weighted by atomic mass is 16.5. The van der Waals surface area contributed by atoms with Crippen molar-refractivity contribution in [2.45, 2.75) is 59.0 Å². The Morgan fingerprint density at radius 3 is 2.63 bits per heavy atom. The molecular formula is C16H32N2O. The van der Waals surface area contributed by atoms with Crippen LogP contribution in [0.3, 0.4) is 0 Å². The largest absolute Gasteiger partial charge is 0.378 e. The number of rotatable bonds is 4. The second-order valence-corrected chi connectivity index (χ2v) is 7.63. The molecule has 2 atom stereocenters. The van der Waals surface area contributed by atoms with Gasteiger partial charge in [-0.3, -0.25) is 4.90 Å². The van der Waals surface area contributed by atoms with Crippen LogP contribution in [0.1, 0.15) is 47.5 Å². The minimum atomic E-state index is 0.196. The Balaban J connectivity index is 2.01. The summed E-state index contributed by atoms with van der Waals surface area (Å²) in [5, 5.41) is 3.74. The van der Waals surface area contributed by atoms with Crippen LogP contribution in [-0.4, -0.2) is 49.3 Å². The fraction of sp³-hybridized carbons (Fsp3) is 1.00. The van der Waals surface area contributed by atoms with E-state index in [2.05, 4.69) is 44.8 Å². The molecule has 19 heavy (non-hydrogen) atoms. The van der Waals surface area contributed by atoms with E-state index in [-0.39, 0.29) is 5.54 Å². The summed E-state index contributed by atoms with van der Waals surface area (Å²) in [6, 6.07) is 0.663. The van der Waals surface area contributed by atoms with Crippen molar-refractivity contribution < 1.29 is 4.74 Å². The zero-order chi connectivity index (χ0) is 14.1. The number of ether oxygens (including phenoxy) is 1. The predicted molar refractivity (Wildman–Crippen MR) is 80.4 cm³/mol. The van der Waals surface area contributed by atoms with Gasteiger partial charge in [0.1, 0.15) is 0 Å². The topological polar surface area (TPSA) is 24.5 Å². The van der Waals surface area contributed by atoms with E-state index in [9.17, 15) is 0 Å². The Bertz CT molecular complexity index is 301. The molecule has 0 amide bonds. The van der Waals surface area contributed by atoms with Crippen LogP contribution in [0, 0.1) is 11.3 Å². The summed E-state index contributed by atoms with van der Waals surface area (Å²) >= 11 is 0. The van der Waals surface area contributed by atoms with E-state index in [0.717, 1.165) is 32.2 Å². The normalized spacial score (nSPS) is 34.6. The zero-order valence-electron chi connectivity index (χ0n) is 13.5. The van der Waals surface area contributed by atoms with Gasteiger partial charge in [0.05, 0.1) is 13.2 Å². The quantitative estimate of drug-likeness (QED) is 0.848. The Morgan fingerprint density at radius 2 is 2.00 bits per heavy atom. The average Bonchev–Trinajstić information content (AvgIpc) is 2.59. The van der Waals surface area contributed by atoms with E-state index >= 15 is 0 Å². The third kappa shape index (κ3) is 3.32. The molecule has 2 rings (SSSR count). The molecule has 2 aliphatic rings. The molecule has 112 valence electrons. The SMILES string of the molecule is CCNC1C(CN2CCOCC2(C)C)CCC1(C)C. The molecule has 2 fully saturated rings. The monoisotopic (exact) mass is 268 g/mol. The van der Waals surface area contributed by atoms with E-state index in [1.54, 1.807) is 0 Å². The van der Waals surface area contributed by atoms with Crippen molar-refractivity contribution in [3.8, 4) is 0 Å². The average molecular weight is 268 g/mol. The minimum Gasteiger partial charge on any atom is -0.378 e. The smallest absolute Gasteiger partial charge is 0.0645 e. The Morgan fingerprint density at radius 1 is 1.26 bits per heavy atom. The molecule has 0 aromatic carbocycles. The molecule has 3 nitrogen and oxygen atoms in total. The molecule has 1 heterocycles. The van der Waals surface area contributed by atoms with E-state index in [4.69, 9.17) is 4.74 Å². The van der Waals surface area contributed by atoms with Crippen LogP contribution in [0.25, 0.3) is 0 Å². The van der Waals surface area contributed by atoms with E-state index in [1.807, 2.05) is 0 Å². The fourth-order valence-electron chi connectivity index (χ4n) is 3.89. The molecule has 0 radical (unpaired) electrons. The van der Waals surface area contributed by atoms with Crippen molar-refractivity contribution in [3.63, 3.8) is 0 Å². The Labute approximate surface area is 119 Å². The van der Waals surface area contributed by atoms with Gasteiger partial charge in [-0.1, -0.05) is 20.8 Å². The summed E-state index contributed by atoms with van der Waals surface area (Å²) in [6.45, 7) is 16.8. The molecule has 3 heteroatoms. The molecule has 0 aromatic heterocycles. The van der Waals surface area contributed by atoms with E-state index < -0.39 is 0 Å². The van der Waals surface area contributed by atoms with Crippen LogP contribution >= 0.6 is 0 Å². The van der Waals surface area contributed by atoms with Crippen molar-refractivity contribution in [1.82, 2.24) is 10.2 Å². The van der Waals surface area contributed by atoms with Crippen LogP contribution in [0.2, 0.25) is 0 Å². The van der Waals surface area contributed by atoms with Crippen LogP contribution in [-0.2, 0) is 4.74 Å². The first kappa shape index (κ1) is 15.3. The number of nitrogens with one attached hydrogen (secondary N) is 1. The molecule has 0 spiro atoms. The van der Waals surface area contributed by atoms with Crippen LogP contribution in [0.5, 0.6) is 0 Å². The maximum Gasteiger partial charge on any atom is 0.0645 e. The van der Waals surface area contributed by atoms with Crippen LogP contribution in [0.15, 0.2) is 0 Å². The number of nitrogens with zero attached hydrogens (tertiary/aromatic N) is 1. The van der Waals surface area contributed by atoms with Gasteiger partial charge in [0.15, 0.2) is 0 Å². The lowest BCUT2D eigenvalue weighted by Crippen LogP contribution is -2.56. The van der Waals surface area contributed by atoms with Gasteiger partial charge in [0.25, 0.3) is 0 Å². The maximum absolute atomic E-state index is 5.64. The Hall–Kier alpha value is -0.120. The van der Waals surface area contributed by atoms with E-state index in [1.165, 1.54) is 19.4 Å². The second kappa shape index (κ2) is 5.71. The summed E-state index contributed by atoms with van der Waals surface area (Å²) in [5.41, 5.74) is 0.638. The highest BCUT2D eigenvalue weighted by Crippen LogP contribution is 2.42. The highest BCUT2D eigenvalue weighted by Gasteiger charge is 2.43. The molecule has 1 aliphatic carbocycles. The highest BCUT2D eigenvalue weighted by molar-refractivity contribution is 4.98. The summed E-state index contributed by atoms with van der Waals surface area (Å²) in [7, 11) is 0. The molecule has 1 aliphatic heterocycles. The lowest BCUT2D eigenvalue weighted by Gasteiger charge is -2.44. The molecule has 1 saturated heterocycles. The first-order valence-electron chi connectivity index (χ1n) is 7.93. The first-order chi connectivity index (χ1) is 8.87. The number of morpholine rings is 1. The van der Waals surface area contributed by atoms with Crippen molar-refractivity contribution in [2.75, 3.05) is 32.8 Å². The summed E-state index contributed by atoms with van der Waals surface area (Å²) in [4.78, 5) is 2.65. The lowest BCUT2D eigenvalue weighted by molar-refractivity contribution is -0.0589. The van der Waals surface area contributed by atoms with Gasteiger partial charge >= 0.3 is 0 Å². The second-order valence-electron chi connectivity index (χ2n) is 7.63. The van der Waals surface area contributed by atoms with Gasteiger partial charge in [-0.05, 0) is 44.6 Å². The summed E-state index contributed by atoms with van der Waals surface area (Å²) in [5.74, 6) is 0.785. The summed E-state index contributed by atoms with van der Waals surface area (Å²) < 4.78 is 5.64. The molecule has 0 bridgehead atoms. The van der Waals surface area contributed by atoms with Gasteiger partial charge in [-0.2, -0.15) is 0 Å². The fourth-order valence-corrected chi connectivity index (χ4v) is 3.89. The molecular weight excluding hydrogens is 236 g/mol. The minimum absolute atomic E-state index is 0.196. The summed E-state index contributed by atoms with van der Waals surface area (Å²) in [6.07, 6.45) is 2.71. The predicted octanol–water partition coefficient (Wildman–Crippen LogP) is 2.51. The number of hydrogen-bond donors (Lipinski definition) is 1. The zero-order valence-corrected chi connectivity index (χ0v) is 13.5. The van der Waals surface area contributed by atoms with Crippen LogP contribution in [0.4, 0.5) is 0 Å². The van der Waals surface area contributed by atoms with Gasteiger partial charge in [-0.15, -0.1) is 0 Å². The van der Waals surface area contributed by atoms with Crippen molar-refractivity contribution >= 4 is 0 Å². The molecule has 0 aromatic rings. The third-order valence-electron chi connectivity index (χ3n) is 5.17. The van der Waals surface area contributed by atoms with E-state index in [0.29, 0.717) is 11.5 Å². The standard InChI is InChI=1S/C16H32N2O/c1-6-17-14-13(7-8-15(14,2)3)11-18-9-10-19-12-16(18,4)5/h13-14,17H,6-12H2,1-5H3.